The minimum absolute atomic E-state index is 0.209. The zero-order valence-corrected chi connectivity index (χ0v) is 17.4. The maximum atomic E-state index is 13.7. The number of carbonyl (C=O) groups excluding carboxylic acids is 1. The van der Waals surface area contributed by atoms with Crippen LogP contribution in [-0.4, -0.2) is 27.6 Å². The lowest BCUT2D eigenvalue weighted by Gasteiger charge is -2.33. The average Bonchev–Trinajstić information content (AvgIpc) is 2.67. The Kier molecular flexibility index (Phi) is 5.73. The molecule has 0 fully saturated rings. The zero-order valence-electron chi connectivity index (χ0n) is 17.4. The summed E-state index contributed by atoms with van der Waals surface area (Å²) >= 11 is 0. The number of alkyl halides is 3. The average molecular weight is 447 g/mol. The summed E-state index contributed by atoms with van der Waals surface area (Å²) in [6, 6.07) is 9.19. The van der Waals surface area contributed by atoms with Crippen LogP contribution >= 0.6 is 0 Å². The van der Waals surface area contributed by atoms with Crippen LogP contribution in [0.1, 0.15) is 36.7 Å². The Hall–Kier alpha value is -3.82. The third kappa shape index (κ3) is 4.43. The number of pyridine rings is 1. The molecule has 0 saturated heterocycles. The Bertz CT molecular complexity index is 1260. The van der Waals surface area contributed by atoms with Gasteiger partial charge >= 0.3 is 12.3 Å². The number of rotatable bonds is 3. The van der Waals surface area contributed by atoms with Crippen molar-refractivity contribution in [1.82, 2.24) is 4.98 Å². The van der Waals surface area contributed by atoms with Crippen LogP contribution in [0.5, 0.6) is 0 Å². The molecule has 32 heavy (non-hydrogen) atoms. The Morgan fingerprint density at radius 3 is 2.31 bits per heavy atom. The highest BCUT2D eigenvalue weighted by atomic mass is 19.4. The largest absolute Gasteiger partial charge is 0.465 e. The number of H-pyrrole nitrogens is 1. The maximum Gasteiger partial charge on any atom is 0.418 e. The molecule has 0 atom stereocenters. The summed E-state index contributed by atoms with van der Waals surface area (Å²) < 4.78 is 41.2. The van der Waals surface area contributed by atoms with E-state index in [9.17, 15) is 32.7 Å². The van der Waals surface area contributed by atoms with Gasteiger partial charge in [0.25, 0.3) is 5.91 Å². The number of anilines is 2. The molecule has 0 saturated carbocycles. The summed E-state index contributed by atoms with van der Waals surface area (Å²) in [5.74, 6) is -1.03. The van der Waals surface area contributed by atoms with Crippen LogP contribution in [0.3, 0.4) is 0 Å². The molecule has 168 valence electrons. The van der Waals surface area contributed by atoms with E-state index >= 15 is 0 Å². The number of aromatic nitrogens is 1. The van der Waals surface area contributed by atoms with E-state index in [0.717, 1.165) is 23.2 Å². The van der Waals surface area contributed by atoms with E-state index in [1.807, 2.05) is 0 Å². The van der Waals surface area contributed by atoms with Crippen molar-refractivity contribution in [2.75, 3.05) is 10.2 Å². The van der Waals surface area contributed by atoms with Crippen molar-refractivity contribution >= 4 is 34.3 Å². The number of hydrogen-bond acceptors (Lipinski definition) is 3. The number of nitrogens with zero attached hydrogens (tertiary/aromatic N) is 1. The van der Waals surface area contributed by atoms with Gasteiger partial charge in [-0.05, 0) is 51.1 Å². The Balaban J connectivity index is 2.05. The molecule has 3 aromatic rings. The lowest BCUT2D eigenvalue weighted by Crippen LogP contribution is -2.45. The number of halogens is 3. The fraction of sp³-hybridized carbons (Fsp3) is 0.227. The van der Waals surface area contributed by atoms with Crippen LogP contribution in [0, 0.1) is 0 Å². The molecule has 3 rings (SSSR count). The lowest BCUT2D eigenvalue weighted by atomic mass is 10.0. The standard InChI is InChI=1S/C22H20F3N3O4/c1-21(2,3)28(20(31)32)12-8-9-17(15(10-12)22(23,24)25)27-19(30)14-11-26-16-7-5-4-6-13(16)18(14)29/h4-11H,1-3H3,(H,26,29)(H,27,30)(H,31,32). The van der Waals surface area contributed by atoms with Crippen molar-refractivity contribution < 1.29 is 27.9 Å². The van der Waals surface area contributed by atoms with Gasteiger partial charge in [0.05, 0.1) is 11.3 Å². The second-order valence-corrected chi connectivity index (χ2v) is 8.05. The van der Waals surface area contributed by atoms with Crippen molar-refractivity contribution in [3.63, 3.8) is 0 Å². The molecule has 0 bridgehead atoms. The fourth-order valence-corrected chi connectivity index (χ4v) is 3.33. The van der Waals surface area contributed by atoms with E-state index in [1.54, 1.807) is 18.2 Å². The van der Waals surface area contributed by atoms with Crippen LogP contribution in [0.25, 0.3) is 10.9 Å². The maximum absolute atomic E-state index is 13.7. The molecule has 0 aliphatic rings. The van der Waals surface area contributed by atoms with Crippen molar-refractivity contribution in [3.05, 3.63) is 70.0 Å². The van der Waals surface area contributed by atoms with Crippen LogP contribution in [0.4, 0.5) is 29.3 Å². The molecule has 0 aliphatic carbocycles. The number of fused-ring (bicyclic) bond motifs is 1. The third-order valence-corrected chi connectivity index (χ3v) is 4.71. The van der Waals surface area contributed by atoms with Crippen LogP contribution in [0.15, 0.2) is 53.5 Å². The lowest BCUT2D eigenvalue weighted by molar-refractivity contribution is -0.136. The summed E-state index contributed by atoms with van der Waals surface area (Å²) in [6.45, 7) is 4.61. The molecule has 1 aromatic heterocycles. The van der Waals surface area contributed by atoms with Crippen molar-refractivity contribution in [3.8, 4) is 0 Å². The van der Waals surface area contributed by atoms with Crippen molar-refractivity contribution in [1.29, 1.82) is 0 Å². The fourth-order valence-electron chi connectivity index (χ4n) is 3.33. The second-order valence-electron chi connectivity index (χ2n) is 8.05. The van der Waals surface area contributed by atoms with Crippen LogP contribution < -0.4 is 15.6 Å². The van der Waals surface area contributed by atoms with Gasteiger partial charge < -0.3 is 15.4 Å². The smallest absolute Gasteiger partial charge is 0.418 e. The summed E-state index contributed by atoms with van der Waals surface area (Å²) in [6.07, 6.45) is -5.19. The van der Waals surface area contributed by atoms with E-state index in [-0.39, 0.29) is 16.6 Å². The van der Waals surface area contributed by atoms with E-state index < -0.39 is 40.4 Å². The number of amides is 2. The van der Waals surface area contributed by atoms with E-state index in [0.29, 0.717) is 11.6 Å². The molecule has 1 heterocycles. The summed E-state index contributed by atoms with van der Waals surface area (Å²) in [7, 11) is 0. The molecule has 7 nitrogen and oxygen atoms in total. The molecule has 2 aromatic carbocycles. The van der Waals surface area contributed by atoms with Gasteiger partial charge in [0.1, 0.15) is 5.56 Å². The normalized spacial score (nSPS) is 11.9. The molecule has 0 unspecified atom stereocenters. The highest BCUT2D eigenvalue weighted by Crippen LogP contribution is 2.38. The SMILES string of the molecule is CC(C)(C)N(C(=O)O)c1ccc(NC(=O)c2c[nH]c3ccccc3c2=O)c(C(F)(F)F)c1. The second kappa shape index (κ2) is 8.03. The first-order valence-corrected chi connectivity index (χ1v) is 9.47. The van der Waals surface area contributed by atoms with Gasteiger partial charge in [0.2, 0.25) is 5.43 Å². The van der Waals surface area contributed by atoms with E-state index in [4.69, 9.17) is 0 Å². The highest BCUT2D eigenvalue weighted by molar-refractivity contribution is 6.06. The van der Waals surface area contributed by atoms with Gasteiger partial charge in [0.15, 0.2) is 0 Å². The summed E-state index contributed by atoms with van der Waals surface area (Å²) in [5.41, 5.74) is -3.58. The number of aromatic amines is 1. The topological polar surface area (TPSA) is 102 Å². The summed E-state index contributed by atoms with van der Waals surface area (Å²) in [5, 5.41) is 11.8. The van der Waals surface area contributed by atoms with Crippen molar-refractivity contribution in [2.24, 2.45) is 0 Å². The first-order chi connectivity index (χ1) is 14.8. The Morgan fingerprint density at radius 1 is 1.06 bits per heavy atom. The predicted molar refractivity (Wildman–Crippen MR) is 114 cm³/mol. The molecular weight excluding hydrogens is 427 g/mol. The number of carboxylic acid groups (broad SMARTS) is 1. The Labute approximate surface area is 180 Å². The minimum atomic E-state index is -4.89. The molecule has 2 amide bonds. The van der Waals surface area contributed by atoms with Crippen molar-refractivity contribution in [2.45, 2.75) is 32.5 Å². The van der Waals surface area contributed by atoms with E-state index in [2.05, 4.69) is 10.3 Å². The molecular formula is C22H20F3N3O4. The van der Waals surface area contributed by atoms with Crippen LogP contribution in [0.2, 0.25) is 0 Å². The molecule has 0 aliphatic heterocycles. The quantitative estimate of drug-likeness (QED) is 0.521. The van der Waals surface area contributed by atoms with Gasteiger partial charge in [-0.1, -0.05) is 12.1 Å². The third-order valence-electron chi connectivity index (χ3n) is 4.71. The molecule has 0 spiro atoms. The first-order valence-electron chi connectivity index (χ1n) is 9.47. The first kappa shape index (κ1) is 22.9. The molecule has 3 N–H and O–H groups in total. The predicted octanol–water partition coefficient (Wildman–Crippen LogP) is 5.08. The molecule has 10 heteroatoms. The van der Waals surface area contributed by atoms with Crippen LogP contribution in [-0.2, 0) is 6.18 Å². The minimum Gasteiger partial charge on any atom is -0.465 e. The van der Waals surface area contributed by atoms with E-state index in [1.165, 1.54) is 26.8 Å². The zero-order chi connectivity index (χ0) is 23.8. The molecule has 0 radical (unpaired) electrons. The van der Waals surface area contributed by atoms with Gasteiger partial charge in [0, 0.05) is 28.3 Å². The monoisotopic (exact) mass is 447 g/mol. The summed E-state index contributed by atoms with van der Waals surface area (Å²) in [4.78, 5) is 40.4. The van der Waals surface area contributed by atoms with Gasteiger partial charge in [-0.2, -0.15) is 13.2 Å². The van der Waals surface area contributed by atoms with Gasteiger partial charge in [-0.15, -0.1) is 0 Å². The number of hydrogen-bond donors (Lipinski definition) is 3. The number of benzene rings is 2. The number of carbonyl (C=O) groups is 2. The number of nitrogens with one attached hydrogen (secondary N) is 2. The van der Waals surface area contributed by atoms with Gasteiger partial charge in [-0.25, -0.2) is 4.79 Å². The number of para-hydroxylation sites is 1. The Morgan fingerprint density at radius 2 is 1.72 bits per heavy atom. The van der Waals surface area contributed by atoms with Gasteiger partial charge in [-0.3, -0.25) is 14.5 Å². The highest BCUT2D eigenvalue weighted by Gasteiger charge is 2.37.